The first-order chi connectivity index (χ1) is 8.88. The average Bonchev–Trinajstić information content (AvgIpc) is 2.33. The van der Waals surface area contributed by atoms with Crippen molar-refractivity contribution in [2.24, 2.45) is 5.92 Å². The predicted molar refractivity (Wildman–Crippen MR) is 72.5 cm³/mol. The number of carbonyl (C=O) groups is 1. The van der Waals surface area contributed by atoms with Crippen LogP contribution in [0, 0.1) is 17.8 Å². The molecule has 1 atom stereocenters. The van der Waals surface area contributed by atoms with Gasteiger partial charge in [0.05, 0.1) is 0 Å². The van der Waals surface area contributed by atoms with Gasteiger partial charge in [0.25, 0.3) is 0 Å². The lowest BCUT2D eigenvalue weighted by Crippen LogP contribution is -2.24. The maximum atomic E-state index is 11.2. The van der Waals surface area contributed by atoms with Gasteiger partial charge in [-0.05, 0) is 39.5 Å². The third kappa shape index (κ3) is 7.07. The molecule has 4 heteroatoms. The summed E-state index contributed by atoms with van der Waals surface area (Å²) in [5.74, 6) is 5.69. The van der Waals surface area contributed by atoms with Crippen LogP contribution in [0.5, 0.6) is 0 Å². The molecule has 0 unspecified atom stereocenters. The van der Waals surface area contributed by atoms with Crippen molar-refractivity contribution in [2.75, 3.05) is 6.61 Å². The Labute approximate surface area is 115 Å². The molecular weight excluding hydrogens is 244 g/mol. The normalized spacial score (nSPS) is 18.1. The van der Waals surface area contributed by atoms with E-state index < -0.39 is 17.9 Å². The monoisotopic (exact) mass is 268 g/mol. The van der Waals surface area contributed by atoms with Gasteiger partial charge in [-0.3, -0.25) is 0 Å². The van der Waals surface area contributed by atoms with Gasteiger partial charge < -0.3 is 14.6 Å². The molecule has 1 aliphatic carbocycles. The first-order valence-corrected chi connectivity index (χ1v) is 6.91. The van der Waals surface area contributed by atoms with E-state index in [1.807, 2.05) is 0 Å². The average molecular weight is 268 g/mol. The van der Waals surface area contributed by atoms with Gasteiger partial charge in [0.15, 0.2) is 6.61 Å². The lowest BCUT2D eigenvalue weighted by atomic mass is 9.85. The Morgan fingerprint density at radius 2 is 1.95 bits per heavy atom. The van der Waals surface area contributed by atoms with Gasteiger partial charge in [0, 0.05) is 0 Å². The SMILES string of the molecule is CC(C)(C)OC(=O)OCC#C[C@H](O)C1CCCCC1. The van der Waals surface area contributed by atoms with Gasteiger partial charge in [-0.1, -0.05) is 31.1 Å². The number of aliphatic hydroxyl groups is 1. The zero-order valence-corrected chi connectivity index (χ0v) is 12.1. The van der Waals surface area contributed by atoms with Gasteiger partial charge in [-0.15, -0.1) is 0 Å². The van der Waals surface area contributed by atoms with Crippen LogP contribution in [-0.2, 0) is 9.47 Å². The zero-order chi connectivity index (χ0) is 14.3. The molecule has 0 aliphatic heterocycles. The summed E-state index contributed by atoms with van der Waals surface area (Å²) >= 11 is 0. The van der Waals surface area contributed by atoms with Crippen molar-refractivity contribution in [3.05, 3.63) is 0 Å². The van der Waals surface area contributed by atoms with Crippen molar-refractivity contribution in [3.8, 4) is 11.8 Å². The molecule has 0 radical (unpaired) electrons. The third-order valence-electron chi connectivity index (χ3n) is 3.00. The molecule has 0 saturated heterocycles. The van der Waals surface area contributed by atoms with Crippen LogP contribution in [0.15, 0.2) is 0 Å². The standard InChI is InChI=1S/C15H24O4/c1-15(2,3)19-14(17)18-11-7-10-13(16)12-8-5-4-6-9-12/h12-13,16H,4-6,8-9,11H2,1-3H3/t13-/m0/s1. The van der Waals surface area contributed by atoms with Gasteiger partial charge >= 0.3 is 6.16 Å². The van der Waals surface area contributed by atoms with Crippen LogP contribution in [0.2, 0.25) is 0 Å². The maximum Gasteiger partial charge on any atom is 0.509 e. The highest BCUT2D eigenvalue weighted by atomic mass is 16.7. The summed E-state index contributed by atoms with van der Waals surface area (Å²) in [6, 6.07) is 0. The minimum atomic E-state index is -0.728. The fourth-order valence-corrected chi connectivity index (χ4v) is 2.09. The number of hydrogen-bond donors (Lipinski definition) is 1. The van der Waals surface area contributed by atoms with Gasteiger partial charge in [0.1, 0.15) is 11.7 Å². The topological polar surface area (TPSA) is 55.8 Å². The van der Waals surface area contributed by atoms with Crippen LogP contribution in [0.1, 0.15) is 52.9 Å². The Kier molecular flexibility index (Phi) is 6.17. The van der Waals surface area contributed by atoms with E-state index in [2.05, 4.69) is 11.8 Å². The molecule has 1 rings (SSSR count). The van der Waals surface area contributed by atoms with Gasteiger partial charge in [0.2, 0.25) is 0 Å². The molecule has 0 aromatic carbocycles. The minimum Gasteiger partial charge on any atom is -0.429 e. The molecule has 0 amide bonds. The van der Waals surface area contributed by atoms with E-state index in [1.165, 1.54) is 6.42 Å². The van der Waals surface area contributed by atoms with E-state index in [4.69, 9.17) is 9.47 Å². The van der Waals surface area contributed by atoms with Crippen LogP contribution in [0.3, 0.4) is 0 Å². The van der Waals surface area contributed by atoms with E-state index in [1.54, 1.807) is 20.8 Å². The van der Waals surface area contributed by atoms with Crippen molar-refractivity contribution >= 4 is 6.16 Å². The van der Waals surface area contributed by atoms with Crippen LogP contribution >= 0.6 is 0 Å². The molecule has 4 nitrogen and oxygen atoms in total. The van der Waals surface area contributed by atoms with Gasteiger partial charge in [-0.2, -0.15) is 0 Å². The smallest absolute Gasteiger partial charge is 0.429 e. The van der Waals surface area contributed by atoms with Crippen LogP contribution in [-0.4, -0.2) is 29.6 Å². The predicted octanol–water partition coefficient (Wildman–Crippen LogP) is 2.88. The van der Waals surface area contributed by atoms with Crippen molar-refractivity contribution in [3.63, 3.8) is 0 Å². The molecule has 1 N–H and O–H groups in total. The molecule has 0 spiro atoms. The summed E-state index contributed by atoms with van der Waals surface area (Å²) in [7, 11) is 0. The lowest BCUT2D eigenvalue weighted by molar-refractivity contribution is -0.00170. The molecule has 0 aromatic heterocycles. The van der Waals surface area contributed by atoms with Crippen LogP contribution in [0.4, 0.5) is 4.79 Å². The molecule has 1 saturated carbocycles. The Hall–Kier alpha value is -1.21. The molecule has 0 heterocycles. The highest BCUT2D eigenvalue weighted by Crippen LogP contribution is 2.26. The maximum absolute atomic E-state index is 11.2. The summed E-state index contributed by atoms with van der Waals surface area (Å²) in [4.78, 5) is 11.2. The summed E-state index contributed by atoms with van der Waals surface area (Å²) in [6.07, 6.45) is 4.30. The highest BCUT2D eigenvalue weighted by Gasteiger charge is 2.20. The fraction of sp³-hybridized carbons (Fsp3) is 0.800. The first-order valence-electron chi connectivity index (χ1n) is 6.91. The second-order valence-corrected chi connectivity index (χ2v) is 5.92. The second-order valence-electron chi connectivity index (χ2n) is 5.92. The third-order valence-corrected chi connectivity index (χ3v) is 3.00. The Morgan fingerprint density at radius 1 is 1.32 bits per heavy atom. The minimum absolute atomic E-state index is 0.0430. The van der Waals surface area contributed by atoms with E-state index in [-0.39, 0.29) is 12.5 Å². The fourth-order valence-electron chi connectivity index (χ4n) is 2.09. The molecule has 1 fully saturated rings. The summed E-state index contributed by atoms with van der Waals surface area (Å²) < 4.78 is 9.78. The van der Waals surface area contributed by atoms with E-state index in [0.717, 1.165) is 25.7 Å². The van der Waals surface area contributed by atoms with Crippen molar-refractivity contribution in [1.82, 2.24) is 0 Å². The Morgan fingerprint density at radius 3 is 2.53 bits per heavy atom. The first kappa shape index (κ1) is 15.8. The molecule has 19 heavy (non-hydrogen) atoms. The van der Waals surface area contributed by atoms with Gasteiger partial charge in [-0.25, -0.2) is 4.79 Å². The second kappa shape index (κ2) is 7.40. The molecule has 0 aromatic rings. The quantitative estimate of drug-likeness (QED) is 0.618. The molecule has 0 bridgehead atoms. The van der Waals surface area contributed by atoms with Crippen molar-refractivity contribution in [1.29, 1.82) is 0 Å². The summed E-state index contributed by atoms with van der Waals surface area (Å²) in [5, 5.41) is 9.88. The number of rotatable bonds is 2. The molecule has 108 valence electrons. The lowest BCUT2D eigenvalue weighted by Gasteiger charge is -2.23. The Balaban J connectivity index is 2.25. The zero-order valence-electron chi connectivity index (χ0n) is 12.1. The van der Waals surface area contributed by atoms with E-state index >= 15 is 0 Å². The number of ether oxygens (including phenoxy) is 2. The van der Waals surface area contributed by atoms with Crippen molar-refractivity contribution in [2.45, 2.75) is 64.6 Å². The Bertz CT molecular complexity index is 339. The van der Waals surface area contributed by atoms with E-state index in [0.29, 0.717) is 0 Å². The number of hydrogen-bond acceptors (Lipinski definition) is 4. The van der Waals surface area contributed by atoms with Crippen LogP contribution < -0.4 is 0 Å². The number of aliphatic hydroxyl groups excluding tert-OH is 1. The molecule has 1 aliphatic rings. The highest BCUT2D eigenvalue weighted by molar-refractivity contribution is 5.60. The molecular formula is C15H24O4. The van der Waals surface area contributed by atoms with Crippen LogP contribution in [0.25, 0.3) is 0 Å². The largest absolute Gasteiger partial charge is 0.509 e. The van der Waals surface area contributed by atoms with Crippen molar-refractivity contribution < 1.29 is 19.4 Å². The number of carbonyl (C=O) groups excluding carboxylic acids is 1. The summed E-state index contributed by atoms with van der Waals surface area (Å²) in [5.41, 5.74) is -0.563. The summed E-state index contributed by atoms with van der Waals surface area (Å²) in [6.45, 7) is 5.27. The van der Waals surface area contributed by atoms with E-state index in [9.17, 15) is 9.90 Å².